The molecule has 8 heteroatoms. The maximum Gasteiger partial charge on any atom is 0.313 e. The van der Waals surface area contributed by atoms with Gasteiger partial charge in [-0.3, -0.25) is 9.48 Å². The second-order valence-corrected chi connectivity index (χ2v) is 4.77. The molecule has 0 radical (unpaired) electrons. The first-order valence-electron chi connectivity index (χ1n) is 5.23. The summed E-state index contributed by atoms with van der Waals surface area (Å²) in [6, 6.07) is 0. The third kappa shape index (κ3) is 2.53. The van der Waals surface area contributed by atoms with Gasteiger partial charge in [0.2, 0.25) is 0 Å². The van der Waals surface area contributed by atoms with Crippen molar-refractivity contribution >= 4 is 17.7 Å². The van der Waals surface area contributed by atoms with Gasteiger partial charge in [0.1, 0.15) is 0 Å². The molecule has 96 valence electrons. The lowest BCUT2D eigenvalue weighted by Gasteiger charge is -1.94. The summed E-state index contributed by atoms with van der Waals surface area (Å²) in [7, 11) is 3.58. The van der Waals surface area contributed by atoms with Crippen LogP contribution in [0.4, 0.5) is 0 Å². The average Bonchev–Trinajstić information content (AvgIpc) is 2.79. The van der Waals surface area contributed by atoms with Crippen molar-refractivity contribution in [2.24, 2.45) is 14.1 Å². The molecule has 0 unspecified atom stereocenters. The van der Waals surface area contributed by atoms with Gasteiger partial charge in [-0.1, -0.05) is 11.8 Å². The van der Waals surface area contributed by atoms with Crippen molar-refractivity contribution in [1.82, 2.24) is 24.5 Å². The molecule has 0 spiro atoms. The first kappa shape index (κ1) is 12.6. The lowest BCUT2D eigenvalue weighted by atomic mass is 10.2. The molecule has 2 aromatic heterocycles. The zero-order valence-corrected chi connectivity index (χ0v) is 11.1. The molecule has 0 atom stereocenters. The van der Waals surface area contributed by atoms with Crippen LogP contribution in [0.5, 0.6) is 0 Å². The second kappa shape index (κ2) is 4.81. The molecule has 0 fully saturated rings. The van der Waals surface area contributed by atoms with E-state index in [4.69, 9.17) is 5.11 Å². The van der Waals surface area contributed by atoms with E-state index >= 15 is 0 Å². The first-order chi connectivity index (χ1) is 8.47. The van der Waals surface area contributed by atoms with Crippen LogP contribution in [0.2, 0.25) is 0 Å². The molecule has 0 saturated heterocycles. The second-order valence-electron chi connectivity index (χ2n) is 3.83. The minimum atomic E-state index is -0.873. The van der Waals surface area contributed by atoms with E-state index < -0.39 is 5.97 Å². The fourth-order valence-electron chi connectivity index (χ4n) is 1.56. The lowest BCUT2D eigenvalue weighted by molar-refractivity contribution is -0.133. The Morgan fingerprint density at radius 2 is 2.17 bits per heavy atom. The van der Waals surface area contributed by atoms with Gasteiger partial charge in [-0.25, -0.2) is 9.67 Å². The summed E-state index contributed by atoms with van der Waals surface area (Å²) in [5.74, 6) is -0.337. The van der Waals surface area contributed by atoms with Gasteiger partial charge in [0.15, 0.2) is 11.0 Å². The maximum absolute atomic E-state index is 10.5. The standard InChI is InChI=1S/C10H13N5O2S/c1-6-7(4-14(2)12-6)9-11-10(15(3)13-9)18-5-8(16)17/h4H,5H2,1-3H3,(H,16,17). The molecule has 18 heavy (non-hydrogen) atoms. The summed E-state index contributed by atoms with van der Waals surface area (Å²) in [4.78, 5) is 14.9. The van der Waals surface area contributed by atoms with E-state index in [1.54, 1.807) is 16.4 Å². The van der Waals surface area contributed by atoms with E-state index in [0.717, 1.165) is 23.0 Å². The average molecular weight is 267 g/mol. The summed E-state index contributed by atoms with van der Waals surface area (Å²) in [6.07, 6.45) is 1.84. The summed E-state index contributed by atoms with van der Waals surface area (Å²) in [5.41, 5.74) is 1.70. The van der Waals surface area contributed by atoms with Gasteiger partial charge in [-0.05, 0) is 6.92 Å². The zero-order chi connectivity index (χ0) is 13.3. The number of nitrogens with zero attached hydrogens (tertiary/aromatic N) is 5. The topological polar surface area (TPSA) is 85.8 Å². The van der Waals surface area contributed by atoms with Crippen molar-refractivity contribution in [3.05, 3.63) is 11.9 Å². The minimum Gasteiger partial charge on any atom is -0.481 e. The molecule has 0 bridgehead atoms. The molecule has 2 aromatic rings. The highest BCUT2D eigenvalue weighted by atomic mass is 32.2. The highest BCUT2D eigenvalue weighted by Crippen LogP contribution is 2.22. The number of aromatic nitrogens is 5. The van der Waals surface area contributed by atoms with Crippen LogP contribution in [0.15, 0.2) is 11.4 Å². The van der Waals surface area contributed by atoms with Gasteiger partial charge in [0.05, 0.1) is 17.0 Å². The van der Waals surface area contributed by atoms with Crippen LogP contribution in [0.3, 0.4) is 0 Å². The van der Waals surface area contributed by atoms with Crippen molar-refractivity contribution in [3.63, 3.8) is 0 Å². The summed E-state index contributed by atoms with van der Waals surface area (Å²) < 4.78 is 3.28. The molecule has 0 aromatic carbocycles. The summed E-state index contributed by atoms with van der Waals surface area (Å²) in [5, 5.41) is 17.7. The molecule has 7 nitrogen and oxygen atoms in total. The van der Waals surface area contributed by atoms with Crippen LogP contribution in [-0.4, -0.2) is 41.4 Å². The Kier molecular flexibility index (Phi) is 3.37. The van der Waals surface area contributed by atoms with Crippen LogP contribution < -0.4 is 0 Å². The van der Waals surface area contributed by atoms with E-state index in [1.165, 1.54) is 0 Å². The van der Waals surface area contributed by atoms with Crippen molar-refractivity contribution in [3.8, 4) is 11.4 Å². The maximum atomic E-state index is 10.5. The number of carbonyl (C=O) groups is 1. The fraction of sp³-hybridized carbons (Fsp3) is 0.400. The van der Waals surface area contributed by atoms with E-state index in [2.05, 4.69) is 15.2 Å². The number of hydrogen-bond acceptors (Lipinski definition) is 5. The van der Waals surface area contributed by atoms with Gasteiger partial charge in [0.25, 0.3) is 0 Å². The Labute approximate surface area is 108 Å². The molecule has 2 rings (SSSR count). The molecular formula is C10H13N5O2S. The zero-order valence-electron chi connectivity index (χ0n) is 10.3. The normalized spacial score (nSPS) is 10.8. The number of carboxylic acids is 1. The highest BCUT2D eigenvalue weighted by Gasteiger charge is 2.14. The van der Waals surface area contributed by atoms with Crippen molar-refractivity contribution in [1.29, 1.82) is 0 Å². The van der Waals surface area contributed by atoms with Gasteiger partial charge in [-0.2, -0.15) is 10.2 Å². The van der Waals surface area contributed by atoms with Gasteiger partial charge in [-0.15, -0.1) is 0 Å². The van der Waals surface area contributed by atoms with E-state index in [9.17, 15) is 4.79 Å². The number of carboxylic acid groups (broad SMARTS) is 1. The van der Waals surface area contributed by atoms with Crippen LogP contribution in [-0.2, 0) is 18.9 Å². The van der Waals surface area contributed by atoms with Gasteiger partial charge < -0.3 is 5.11 Å². The van der Waals surface area contributed by atoms with E-state index in [0.29, 0.717) is 11.0 Å². The smallest absolute Gasteiger partial charge is 0.313 e. The van der Waals surface area contributed by atoms with Crippen LogP contribution in [0.1, 0.15) is 5.69 Å². The summed E-state index contributed by atoms with van der Waals surface area (Å²) in [6.45, 7) is 1.88. The Balaban J connectivity index is 2.28. The third-order valence-corrected chi connectivity index (χ3v) is 3.31. The number of thioether (sulfide) groups is 1. The summed E-state index contributed by atoms with van der Waals surface area (Å²) >= 11 is 1.15. The van der Waals surface area contributed by atoms with E-state index in [1.807, 2.05) is 20.2 Å². The molecule has 2 heterocycles. The van der Waals surface area contributed by atoms with E-state index in [-0.39, 0.29) is 5.75 Å². The van der Waals surface area contributed by atoms with Crippen molar-refractivity contribution in [2.75, 3.05) is 5.75 Å². The molecule has 0 aliphatic carbocycles. The Bertz CT molecular complexity index is 589. The SMILES string of the molecule is Cc1nn(C)cc1-c1nc(SCC(=O)O)n(C)n1. The predicted molar refractivity (Wildman–Crippen MR) is 66.3 cm³/mol. The molecule has 1 N–H and O–H groups in total. The largest absolute Gasteiger partial charge is 0.481 e. The molecule has 0 aliphatic heterocycles. The van der Waals surface area contributed by atoms with Crippen LogP contribution >= 0.6 is 11.8 Å². The predicted octanol–water partition coefficient (Wildman–Crippen LogP) is 0.701. The fourth-order valence-corrected chi connectivity index (χ4v) is 2.19. The monoisotopic (exact) mass is 267 g/mol. The molecule has 0 saturated carbocycles. The number of hydrogen-bond donors (Lipinski definition) is 1. The Hall–Kier alpha value is -1.83. The minimum absolute atomic E-state index is 0.0298. The van der Waals surface area contributed by atoms with Crippen LogP contribution in [0.25, 0.3) is 11.4 Å². The first-order valence-corrected chi connectivity index (χ1v) is 6.22. The Morgan fingerprint density at radius 1 is 1.44 bits per heavy atom. The highest BCUT2D eigenvalue weighted by molar-refractivity contribution is 7.99. The molecular weight excluding hydrogens is 254 g/mol. The molecule has 0 aliphatic rings. The Morgan fingerprint density at radius 3 is 2.72 bits per heavy atom. The number of aliphatic carboxylic acids is 1. The van der Waals surface area contributed by atoms with Crippen molar-refractivity contribution < 1.29 is 9.90 Å². The lowest BCUT2D eigenvalue weighted by Crippen LogP contribution is -2.00. The van der Waals surface area contributed by atoms with Crippen LogP contribution in [0, 0.1) is 6.92 Å². The molecule has 0 amide bonds. The van der Waals surface area contributed by atoms with Gasteiger partial charge in [0, 0.05) is 20.3 Å². The third-order valence-electron chi connectivity index (χ3n) is 2.30. The number of aryl methyl sites for hydroxylation is 3. The van der Waals surface area contributed by atoms with Crippen molar-refractivity contribution in [2.45, 2.75) is 12.1 Å². The van der Waals surface area contributed by atoms with Gasteiger partial charge >= 0.3 is 5.97 Å². The number of rotatable bonds is 4. The quantitative estimate of drug-likeness (QED) is 0.821.